The van der Waals surface area contributed by atoms with Crippen LogP contribution in [-0.2, 0) is 0 Å². The summed E-state index contributed by atoms with van der Waals surface area (Å²) in [6, 6.07) is 5.35. The van der Waals surface area contributed by atoms with Gasteiger partial charge < -0.3 is 9.84 Å². The number of phenols is 1. The van der Waals surface area contributed by atoms with Crippen LogP contribution in [0.5, 0.6) is 11.5 Å². The van der Waals surface area contributed by atoms with E-state index in [9.17, 15) is 5.11 Å². The van der Waals surface area contributed by atoms with Gasteiger partial charge in [-0.1, -0.05) is 25.1 Å². The molecule has 1 N–H and O–H groups in total. The Bertz CT molecular complexity index is 303. The van der Waals surface area contributed by atoms with Gasteiger partial charge in [-0.25, -0.2) is 0 Å². The molecule has 0 bridgehead atoms. The van der Waals surface area contributed by atoms with E-state index < -0.39 is 0 Å². The van der Waals surface area contributed by atoms with Gasteiger partial charge in [0.05, 0.1) is 7.11 Å². The van der Waals surface area contributed by atoms with Crippen molar-refractivity contribution in [1.29, 1.82) is 0 Å². The van der Waals surface area contributed by atoms with Gasteiger partial charge in [0.15, 0.2) is 11.5 Å². The number of benzene rings is 1. The number of phenolic OH excluding ortho intramolecular Hbond substituents is 1. The second kappa shape index (κ2) is 4.55. The van der Waals surface area contributed by atoms with Crippen LogP contribution in [-0.4, -0.2) is 12.2 Å². The average molecular weight is 178 g/mol. The highest BCUT2D eigenvalue weighted by molar-refractivity contribution is 5.55. The number of ether oxygens (including phenoxy) is 1. The van der Waals surface area contributed by atoms with Crippen molar-refractivity contribution in [1.82, 2.24) is 0 Å². The first-order valence-electron chi connectivity index (χ1n) is 4.31. The summed E-state index contributed by atoms with van der Waals surface area (Å²) < 4.78 is 4.93. The van der Waals surface area contributed by atoms with Crippen molar-refractivity contribution in [2.75, 3.05) is 7.11 Å². The molecule has 1 aromatic carbocycles. The zero-order valence-corrected chi connectivity index (χ0v) is 7.95. The van der Waals surface area contributed by atoms with E-state index in [0.29, 0.717) is 5.75 Å². The van der Waals surface area contributed by atoms with Crippen molar-refractivity contribution >= 4 is 6.08 Å². The van der Waals surface area contributed by atoms with E-state index in [2.05, 4.69) is 6.92 Å². The Morgan fingerprint density at radius 2 is 2.23 bits per heavy atom. The van der Waals surface area contributed by atoms with E-state index in [1.54, 1.807) is 12.1 Å². The van der Waals surface area contributed by atoms with Crippen LogP contribution in [0.2, 0.25) is 0 Å². The van der Waals surface area contributed by atoms with Crippen LogP contribution >= 0.6 is 0 Å². The molecule has 0 aromatic heterocycles. The summed E-state index contributed by atoms with van der Waals surface area (Å²) >= 11 is 0. The summed E-state index contributed by atoms with van der Waals surface area (Å²) in [6.45, 7) is 2.07. The van der Waals surface area contributed by atoms with Crippen molar-refractivity contribution in [3.05, 3.63) is 29.8 Å². The van der Waals surface area contributed by atoms with Crippen molar-refractivity contribution < 1.29 is 9.84 Å². The van der Waals surface area contributed by atoms with Gasteiger partial charge in [0.2, 0.25) is 0 Å². The van der Waals surface area contributed by atoms with Crippen LogP contribution in [0, 0.1) is 0 Å². The minimum absolute atomic E-state index is 0.181. The molecular formula is C11H14O2. The van der Waals surface area contributed by atoms with Gasteiger partial charge in [-0.15, -0.1) is 0 Å². The van der Waals surface area contributed by atoms with Crippen LogP contribution in [0.15, 0.2) is 24.3 Å². The number of hydrogen-bond acceptors (Lipinski definition) is 2. The minimum atomic E-state index is 0.181. The zero-order valence-electron chi connectivity index (χ0n) is 7.95. The minimum Gasteiger partial charge on any atom is -0.504 e. The fourth-order valence-corrected chi connectivity index (χ4v) is 1.06. The summed E-state index contributed by atoms with van der Waals surface area (Å²) in [7, 11) is 1.54. The maximum absolute atomic E-state index is 9.43. The Hall–Kier alpha value is -1.44. The number of hydrogen-bond donors (Lipinski definition) is 1. The van der Waals surface area contributed by atoms with Crippen LogP contribution in [0.1, 0.15) is 18.9 Å². The molecule has 0 aliphatic carbocycles. The van der Waals surface area contributed by atoms with Crippen LogP contribution in [0.25, 0.3) is 6.08 Å². The standard InChI is InChI=1S/C11H14O2/c1-3-4-5-9-6-7-11(13-2)10(12)8-9/h4-8,12H,3H2,1-2H3. The molecule has 70 valence electrons. The monoisotopic (exact) mass is 178 g/mol. The molecular weight excluding hydrogens is 164 g/mol. The second-order valence-electron chi connectivity index (χ2n) is 2.74. The van der Waals surface area contributed by atoms with E-state index in [-0.39, 0.29) is 5.75 Å². The molecule has 0 unspecified atom stereocenters. The molecule has 0 atom stereocenters. The first kappa shape index (κ1) is 9.65. The molecule has 0 saturated heterocycles. The lowest BCUT2D eigenvalue weighted by atomic mass is 10.2. The highest BCUT2D eigenvalue weighted by atomic mass is 16.5. The number of methoxy groups -OCH3 is 1. The summed E-state index contributed by atoms with van der Waals surface area (Å²) in [5.74, 6) is 0.689. The number of aromatic hydroxyl groups is 1. The Balaban J connectivity index is 2.89. The Morgan fingerprint density at radius 1 is 1.46 bits per heavy atom. The maximum atomic E-state index is 9.43. The van der Waals surface area contributed by atoms with Gasteiger partial charge in [0, 0.05) is 0 Å². The van der Waals surface area contributed by atoms with E-state index in [1.807, 2.05) is 18.2 Å². The van der Waals surface area contributed by atoms with E-state index in [4.69, 9.17) is 4.74 Å². The predicted octanol–water partition coefficient (Wildman–Crippen LogP) is 2.82. The molecule has 0 fully saturated rings. The quantitative estimate of drug-likeness (QED) is 0.771. The molecule has 13 heavy (non-hydrogen) atoms. The third-order valence-electron chi connectivity index (χ3n) is 1.75. The van der Waals surface area contributed by atoms with E-state index in [1.165, 1.54) is 7.11 Å². The Morgan fingerprint density at radius 3 is 2.77 bits per heavy atom. The van der Waals surface area contributed by atoms with Gasteiger partial charge in [0.1, 0.15) is 0 Å². The van der Waals surface area contributed by atoms with E-state index in [0.717, 1.165) is 12.0 Å². The molecule has 0 heterocycles. The number of rotatable bonds is 3. The molecule has 0 saturated carbocycles. The second-order valence-corrected chi connectivity index (χ2v) is 2.74. The van der Waals surface area contributed by atoms with Crippen molar-refractivity contribution in [2.45, 2.75) is 13.3 Å². The third kappa shape index (κ3) is 2.51. The third-order valence-corrected chi connectivity index (χ3v) is 1.75. The fraction of sp³-hybridized carbons (Fsp3) is 0.273. The summed E-state index contributed by atoms with van der Waals surface area (Å²) in [5.41, 5.74) is 0.986. The first-order valence-corrected chi connectivity index (χ1v) is 4.31. The molecule has 0 amide bonds. The van der Waals surface area contributed by atoms with Crippen molar-refractivity contribution in [3.63, 3.8) is 0 Å². The average Bonchev–Trinajstić information content (AvgIpc) is 2.15. The number of allylic oxidation sites excluding steroid dienone is 1. The Labute approximate surface area is 78.5 Å². The summed E-state index contributed by atoms with van der Waals surface area (Å²) in [6.07, 6.45) is 5.01. The van der Waals surface area contributed by atoms with Crippen LogP contribution < -0.4 is 4.74 Å². The summed E-state index contributed by atoms with van der Waals surface area (Å²) in [5, 5.41) is 9.43. The SMILES string of the molecule is CCC=Cc1ccc(OC)c(O)c1. The maximum Gasteiger partial charge on any atom is 0.160 e. The van der Waals surface area contributed by atoms with Gasteiger partial charge in [-0.05, 0) is 24.1 Å². The smallest absolute Gasteiger partial charge is 0.160 e. The largest absolute Gasteiger partial charge is 0.504 e. The van der Waals surface area contributed by atoms with Gasteiger partial charge in [0.25, 0.3) is 0 Å². The molecule has 1 rings (SSSR count). The lowest BCUT2D eigenvalue weighted by molar-refractivity contribution is 0.373. The topological polar surface area (TPSA) is 29.5 Å². The highest BCUT2D eigenvalue weighted by Crippen LogP contribution is 2.26. The van der Waals surface area contributed by atoms with Crippen molar-refractivity contribution in [3.8, 4) is 11.5 Å². The van der Waals surface area contributed by atoms with Crippen LogP contribution in [0.4, 0.5) is 0 Å². The van der Waals surface area contributed by atoms with Gasteiger partial charge in [-0.2, -0.15) is 0 Å². The molecule has 2 heteroatoms. The van der Waals surface area contributed by atoms with Gasteiger partial charge >= 0.3 is 0 Å². The zero-order chi connectivity index (χ0) is 9.68. The first-order chi connectivity index (χ1) is 6.27. The van der Waals surface area contributed by atoms with E-state index >= 15 is 0 Å². The van der Waals surface area contributed by atoms with Gasteiger partial charge in [-0.3, -0.25) is 0 Å². The molecule has 0 aliphatic heterocycles. The summed E-state index contributed by atoms with van der Waals surface area (Å²) in [4.78, 5) is 0. The molecule has 0 spiro atoms. The lowest BCUT2D eigenvalue weighted by Crippen LogP contribution is -1.83. The molecule has 2 nitrogen and oxygen atoms in total. The fourth-order valence-electron chi connectivity index (χ4n) is 1.06. The predicted molar refractivity (Wildman–Crippen MR) is 54.0 cm³/mol. The van der Waals surface area contributed by atoms with Crippen LogP contribution in [0.3, 0.4) is 0 Å². The molecule has 1 aromatic rings. The Kier molecular flexibility index (Phi) is 3.38. The van der Waals surface area contributed by atoms with Crippen molar-refractivity contribution in [2.24, 2.45) is 0 Å². The molecule has 0 radical (unpaired) electrons. The normalized spacial score (nSPS) is 10.6. The highest BCUT2D eigenvalue weighted by Gasteiger charge is 1.99. The lowest BCUT2D eigenvalue weighted by Gasteiger charge is -2.02. The molecule has 0 aliphatic rings.